The smallest absolute Gasteiger partial charge is 0.261 e. The van der Waals surface area contributed by atoms with E-state index in [1.807, 2.05) is 0 Å². The van der Waals surface area contributed by atoms with Crippen molar-refractivity contribution in [1.29, 1.82) is 0 Å². The first-order chi connectivity index (χ1) is 11.9. The van der Waals surface area contributed by atoms with Gasteiger partial charge in [-0.2, -0.15) is 18.1 Å². The Bertz CT molecular complexity index is 964. The van der Waals surface area contributed by atoms with Gasteiger partial charge in [0.15, 0.2) is 11.5 Å². The minimum absolute atomic E-state index is 0.428. The Kier molecular flexibility index (Phi) is 6.86. The second-order valence-electron chi connectivity index (χ2n) is 4.72. The lowest BCUT2D eigenvalue weighted by Gasteiger charge is -2.23. The molecule has 0 saturated heterocycles. The lowest BCUT2D eigenvalue weighted by atomic mass is 10.3. The molecule has 7 nitrogen and oxygen atoms in total. The summed E-state index contributed by atoms with van der Waals surface area (Å²) in [6, 6.07) is 5.07. The van der Waals surface area contributed by atoms with E-state index in [1.165, 1.54) is 0 Å². The van der Waals surface area contributed by atoms with Crippen molar-refractivity contribution in [2.45, 2.75) is 0 Å². The van der Waals surface area contributed by atoms with Gasteiger partial charge in [0.25, 0.3) is 24.4 Å². The van der Waals surface area contributed by atoms with Crippen LogP contribution in [0, 0.1) is 0 Å². The topological polar surface area (TPSA) is 79.9 Å². The van der Waals surface area contributed by atoms with E-state index < -0.39 is 24.4 Å². The van der Waals surface area contributed by atoms with Gasteiger partial charge >= 0.3 is 0 Å². The lowest BCUT2D eigenvalue weighted by Crippen LogP contribution is -2.15. The van der Waals surface area contributed by atoms with Crippen molar-refractivity contribution < 1.29 is 9.47 Å². The van der Waals surface area contributed by atoms with Crippen molar-refractivity contribution in [2.75, 3.05) is 18.3 Å². The zero-order valence-electron chi connectivity index (χ0n) is 12.2. The maximum Gasteiger partial charge on any atom is 0.261 e. The highest BCUT2D eigenvalue weighted by molar-refractivity contribution is 8.24. The summed E-state index contributed by atoms with van der Waals surface area (Å²) < 4.78 is 27.1. The van der Waals surface area contributed by atoms with Crippen LogP contribution in [0.15, 0.2) is 36.3 Å². The average Bonchev–Trinajstić information content (AvgIpc) is 2.41. The standard InChI is InChI=1S/C8H8Cl7N5O2P4/c9-23(10)17-24(11,12)19-26(15,20-25(13,14)18-23)16-6-1-2-7-8(5-6)22-4-3-21-7/h1-2,5,16H,3-4H2. The van der Waals surface area contributed by atoms with Gasteiger partial charge in [0.1, 0.15) is 13.2 Å². The summed E-state index contributed by atoms with van der Waals surface area (Å²) in [7, 11) is 0. The molecule has 1 unspecified atom stereocenters. The van der Waals surface area contributed by atoms with E-state index in [-0.39, 0.29) is 0 Å². The molecule has 0 spiro atoms. The van der Waals surface area contributed by atoms with Crippen molar-refractivity contribution in [2.24, 2.45) is 18.1 Å². The molecule has 3 rings (SSSR count). The van der Waals surface area contributed by atoms with Crippen molar-refractivity contribution in [3.8, 4) is 11.5 Å². The number of ether oxygens (including phenoxy) is 2. The molecule has 0 aromatic heterocycles. The van der Waals surface area contributed by atoms with Crippen molar-refractivity contribution in [3.05, 3.63) is 18.2 Å². The maximum atomic E-state index is 6.55. The Morgan fingerprint density at radius 2 is 1.27 bits per heavy atom. The second kappa shape index (κ2) is 8.01. The van der Waals surface area contributed by atoms with Crippen LogP contribution in [0.3, 0.4) is 0 Å². The van der Waals surface area contributed by atoms with E-state index in [0.717, 1.165) is 0 Å². The minimum atomic E-state index is -3.38. The predicted molar refractivity (Wildman–Crippen MR) is 119 cm³/mol. The monoisotopic (exact) mass is 575 g/mol. The fraction of sp³-hybridized carbons (Fsp3) is 0.250. The molecule has 2 aliphatic rings. The lowest BCUT2D eigenvalue weighted by molar-refractivity contribution is 0.171. The van der Waals surface area contributed by atoms with E-state index in [9.17, 15) is 0 Å². The molecule has 1 N–H and O–H groups in total. The minimum Gasteiger partial charge on any atom is -0.486 e. The van der Waals surface area contributed by atoms with Crippen LogP contribution in [-0.4, -0.2) is 13.2 Å². The van der Waals surface area contributed by atoms with E-state index in [2.05, 4.69) is 23.1 Å². The molecule has 1 atom stereocenters. The Balaban J connectivity index is 2.08. The summed E-state index contributed by atoms with van der Waals surface area (Å²) in [6.07, 6.45) is 0. The summed E-state index contributed by atoms with van der Waals surface area (Å²) in [5, 5.41) is 2.95. The number of rotatable bonds is 2. The number of nitrogens with one attached hydrogen (secondary N) is 1. The fourth-order valence-corrected chi connectivity index (χ4v) is 25.3. The van der Waals surface area contributed by atoms with Gasteiger partial charge in [-0.15, -0.1) is 0 Å². The van der Waals surface area contributed by atoms with E-state index in [0.29, 0.717) is 30.4 Å². The molecule has 1 aromatic carbocycles. The third kappa shape index (κ3) is 6.04. The van der Waals surface area contributed by atoms with Gasteiger partial charge < -0.3 is 14.6 Å². The van der Waals surface area contributed by atoms with Crippen LogP contribution < -0.4 is 14.6 Å². The molecule has 26 heavy (non-hydrogen) atoms. The van der Waals surface area contributed by atoms with Gasteiger partial charge in [0.2, 0.25) is 0 Å². The van der Waals surface area contributed by atoms with Gasteiger partial charge in [0, 0.05) is 11.8 Å². The third-order valence-electron chi connectivity index (χ3n) is 2.70. The quantitative estimate of drug-likeness (QED) is 0.355. The SMILES string of the molecule is ClP1(Cl)=NP(Cl)(Cl)=NP(Cl)(Nc2ccc3c(c2)OCCO3)=NP(Cl)(Cl)=N1. The van der Waals surface area contributed by atoms with Gasteiger partial charge in [-0.05, 0) is 90.8 Å². The number of anilines is 1. The number of halogens is 7. The van der Waals surface area contributed by atoms with Crippen molar-refractivity contribution in [3.63, 3.8) is 0 Å². The Morgan fingerprint density at radius 3 is 1.92 bits per heavy atom. The molecule has 0 saturated carbocycles. The zero-order valence-corrected chi connectivity index (χ0v) is 21.1. The van der Waals surface area contributed by atoms with Crippen molar-refractivity contribution in [1.82, 2.24) is 0 Å². The first-order valence-corrected chi connectivity index (χ1v) is 19.6. The highest BCUT2D eigenvalue weighted by Gasteiger charge is 2.32. The summed E-state index contributed by atoms with van der Waals surface area (Å²) in [5.74, 6) is -8.94. The number of hydrogen-bond donors (Lipinski definition) is 1. The largest absolute Gasteiger partial charge is 0.486 e. The van der Waals surface area contributed by atoms with Gasteiger partial charge in [0.05, 0.1) is 0 Å². The second-order valence-corrected chi connectivity index (χ2v) is 23.0. The summed E-state index contributed by atoms with van der Waals surface area (Å²) in [4.78, 5) is 0. The molecule has 146 valence electrons. The Hall–Kier alpha value is 1.57. The molecule has 0 amide bonds. The highest BCUT2D eigenvalue weighted by atomic mass is 35.9. The molecule has 0 aliphatic carbocycles. The van der Waals surface area contributed by atoms with Crippen molar-refractivity contribution >= 4 is 109 Å². The van der Waals surface area contributed by atoms with Crippen LogP contribution in [0.2, 0.25) is 0 Å². The van der Waals surface area contributed by atoms with Crippen LogP contribution in [0.4, 0.5) is 5.69 Å². The first kappa shape index (κ1) is 22.3. The van der Waals surface area contributed by atoms with Gasteiger partial charge in [-0.3, -0.25) is 0 Å². The Labute approximate surface area is 183 Å². The molecular weight excluding hydrogens is 570 g/mol. The Morgan fingerprint density at radius 1 is 0.731 bits per heavy atom. The molecule has 18 heteroatoms. The van der Waals surface area contributed by atoms with Crippen LogP contribution in [0.1, 0.15) is 0 Å². The summed E-state index contributed by atoms with van der Waals surface area (Å²) >= 11 is 43.2. The van der Waals surface area contributed by atoms with Crippen LogP contribution in [0.25, 0.3) is 0 Å². The normalized spacial score (nSPS) is 28.1. The van der Waals surface area contributed by atoms with E-state index in [4.69, 9.17) is 88.2 Å². The zero-order chi connectivity index (χ0) is 19.2. The highest BCUT2D eigenvalue weighted by Crippen LogP contribution is 2.87. The van der Waals surface area contributed by atoms with Crippen LogP contribution in [-0.2, 0) is 0 Å². The maximum absolute atomic E-state index is 6.55. The summed E-state index contributed by atoms with van der Waals surface area (Å²) in [6.45, 7) is -2.43. The number of nitrogens with zero attached hydrogens (tertiary/aromatic N) is 4. The van der Waals surface area contributed by atoms with Gasteiger partial charge in [-0.1, -0.05) is 0 Å². The first-order valence-electron chi connectivity index (χ1n) is 6.48. The number of benzene rings is 1. The molecule has 2 heterocycles. The third-order valence-corrected chi connectivity index (χ3v) is 19.1. The number of fused-ring (bicyclic) bond motifs is 1. The van der Waals surface area contributed by atoms with Crippen LogP contribution in [0.5, 0.6) is 11.5 Å². The van der Waals surface area contributed by atoms with E-state index >= 15 is 0 Å². The van der Waals surface area contributed by atoms with Crippen LogP contribution >= 0.6 is 103 Å². The predicted octanol–water partition coefficient (Wildman–Crippen LogP) is 10.3. The number of hydrogen-bond acceptors (Lipinski definition) is 7. The molecule has 0 bridgehead atoms. The molecule has 0 radical (unpaired) electrons. The fourth-order valence-electron chi connectivity index (χ4n) is 1.94. The van der Waals surface area contributed by atoms with E-state index in [1.54, 1.807) is 18.2 Å². The summed E-state index contributed by atoms with van der Waals surface area (Å²) in [5.41, 5.74) is 0.519. The molecule has 1 aromatic rings. The average molecular weight is 578 g/mol. The molecule has 0 fully saturated rings. The molecule has 2 aliphatic heterocycles. The van der Waals surface area contributed by atoms with Gasteiger partial charge in [-0.25, -0.2) is 0 Å². The molecular formula is C8H8Cl7N5O2P4.